The number of para-hydroxylation sites is 1. The normalized spacial score (nSPS) is 11.4. The lowest BCUT2D eigenvalue weighted by Gasteiger charge is -2.18. The van der Waals surface area contributed by atoms with Gasteiger partial charge in [-0.05, 0) is 77.2 Å². The van der Waals surface area contributed by atoms with E-state index in [0.29, 0.717) is 33.4 Å². The first-order chi connectivity index (χ1) is 20.1. The summed E-state index contributed by atoms with van der Waals surface area (Å²) in [5, 5.41) is 5.18. The van der Waals surface area contributed by atoms with Crippen molar-refractivity contribution in [3.05, 3.63) is 79.0 Å². The Morgan fingerprint density at radius 1 is 1.14 bits per heavy atom. The Kier molecular flexibility index (Phi) is 9.90. The van der Waals surface area contributed by atoms with Crippen LogP contribution in [0.15, 0.2) is 56.8 Å². The van der Waals surface area contributed by atoms with Gasteiger partial charge >= 0.3 is 5.97 Å². The van der Waals surface area contributed by atoms with E-state index in [-0.39, 0.29) is 34.6 Å². The van der Waals surface area contributed by atoms with Crippen molar-refractivity contribution in [2.24, 2.45) is 5.10 Å². The number of esters is 1. The second-order valence-corrected chi connectivity index (χ2v) is 10.8. The number of carbonyl (C=O) groups is 1. The number of carbonyl (C=O) groups excluding carboxylic acids is 1. The fourth-order valence-corrected chi connectivity index (χ4v) is 5.02. The molecule has 4 aromatic rings. The van der Waals surface area contributed by atoms with Crippen molar-refractivity contribution in [3.63, 3.8) is 0 Å². The lowest BCUT2D eigenvalue weighted by atomic mass is 9.96. The molecule has 0 saturated heterocycles. The Morgan fingerprint density at radius 2 is 1.88 bits per heavy atom. The lowest BCUT2D eigenvalue weighted by Crippen LogP contribution is -2.21. The fraction of sp³-hybridized carbons (Fsp3) is 0.290. The summed E-state index contributed by atoms with van der Waals surface area (Å²) in [4.78, 5) is 30.3. The van der Waals surface area contributed by atoms with Gasteiger partial charge in [-0.3, -0.25) is 4.79 Å². The Labute approximate surface area is 257 Å². The number of nitrogens with zero attached hydrogens (tertiary/aromatic N) is 3. The zero-order chi connectivity index (χ0) is 30.6. The molecule has 9 nitrogen and oxygen atoms in total. The summed E-state index contributed by atoms with van der Waals surface area (Å²) >= 11 is 10.1. The van der Waals surface area contributed by atoms with Crippen molar-refractivity contribution in [2.75, 3.05) is 27.4 Å². The van der Waals surface area contributed by atoms with Crippen LogP contribution in [0.5, 0.6) is 17.2 Å². The largest absolute Gasteiger partial charge is 0.494 e. The summed E-state index contributed by atoms with van der Waals surface area (Å²) in [5.74, 6) is 1.19. The molecule has 0 radical (unpaired) electrons. The van der Waals surface area contributed by atoms with Crippen LogP contribution in [-0.4, -0.2) is 49.3 Å². The maximum absolute atomic E-state index is 13.8. The number of aromatic nitrogens is 2. The molecular formula is C31H31BrClN3O6. The fourth-order valence-electron chi connectivity index (χ4n) is 4.37. The number of aryl methyl sites for hydroxylation is 1. The molecule has 0 atom stereocenters. The van der Waals surface area contributed by atoms with Crippen LogP contribution in [0.3, 0.4) is 0 Å². The van der Waals surface area contributed by atoms with Crippen molar-refractivity contribution in [1.29, 1.82) is 0 Å². The zero-order valence-electron chi connectivity index (χ0n) is 24.2. The molecule has 3 aromatic carbocycles. The van der Waals surface area contributed by atoms with Crippen molar-refractivity contribution < 1.29 is 23.7 Å². The van der Waals surface area contributed by atoms with E-state index in [1.54, 1.807) is 24.3 Å². The third-order valence-electron chi connectivity index (χ3n) is 6.52. The van der Waals surface area contributed by atoms with Crippen molar-refractivity contribution >= 4 is 50.6 Å². The van der Waals surface area contributed by atoms with Gasteiger partial charge in [0.1, 0.15) is 10.8 Å². The molecule has 0 saturated carbocycles. The molecule has 0 amide bonds. The minimum atomic E-state index is -0.573. The molecule has 0 spiro atoms. The first kappa shape index (κ1) is 31.1. The van der Waals surface area contributed by atoms with E-state index in [2.05, 4.69) is 39.6 Å². The topological polar surface area (TPSA) is 101 Å². The molecule has 220 valence electrons. The lowest BCUT2D eigenvalue weighted by molar-refractivity contribution is -0.142. The number of fused-ring (bicyclic) bond motifs is 1. The Balaban J connectivity index is 1.91. The highest BCUT2D eigenvalue weighted by atomic mass is 79.9. The van der Waals surface area contributed by atoms with Gasteiger partial charge in [0, 0.05) is 15.6 Å². The maximum Gasteiger partial charge on any atom is 0.343 e. The van der Waals surface area contributed by atoms with Gasteiger partial charge in [0.15, 0.2) is 23.9 Å². The van der Waals surface area contributed by atoms with Crippen LogP contribution in [-0.2, 0) is 9.53 Å². The molecule has 0 aliphatic rings. The van der Waals surface area contributed by atoms with Gasteiger partial charge in [-0.1, -0.05) is 37.6 Å². The van der Waals surface area contributed by atoms with Gasteiger partial charge < -0.3 is 18.9 Å². The zero-order valence-corrected chi connectivity index (χ0v) is 26.5. The summed E-state index contributed by atoms with van der Waals surface area (Å²) < 4.78 is 23.3. The number of hydrogen-bond donors (Lipinski definition) is 0. The number of hydrogen-bond acceptors (Lipinski definition) is 8. The standard InChI is InChI=1S/C31H31BrClN3O6/c1-7-41-24-12-18(4)22(14-21(24)17(2)3)30-35-23-11-9-8-10-20(23)31(38)36(30)34-15-19-13-25(39-5)29(28(33)27(19)32)42-16-26(37)40-6/h8-15,17H,7,16H2,1-6H3. The highest BCUT2D eigenvalue weighted by molar-refractivity contribution is 9.10. The Morgan fingerprint density at radius 3 is 2.55 bits per heavy atom. The van der Waals surface area contributed by atoms with Gasteiger partial charge in [-0.15, -0.1) is 0 Å². The molecule has 0 aliphatic carbocycles. The summed E-state index contributed by atoms with van der Waals surface area (Å²) in [6.45, 7) is 8.25. The van der Waals surface area contributed by atoms with Gasteiger partial charge in [0.25, 0.3) is 5.56 Å². The van der Waals surface area contributed by atoms with Crippen LogP contribution < -0.4 is 19.8 Å². The Hall–Kier alpha value is -3.89. The van der Waals surface area contributed by atoms with E-state index in [1.807, 2.05) is 32.0 Å². The van der Waals surface area contributed by atoms with E-state index in [0.717, 1.165) is 22.4 Å². The number of methoxy groups -OCH3 is 2. The molecule has 0 unspecified atom stereocenters. The third kappa shape index (κ3) is 6.29. The smallest absolute Gasteiger partial charge is 0.343 e. The van der Waals surface area contributed by atoms with Gasteiger partial charge in [0.2, 0.25) is 0 Å². The van der Waals surface area contributed by atoms with Crippen LogP contribution in [0.4, 0.5) is 0 Å². The number of rotatable bonds is 10. The summed E-state index contributed by atoms with van der Waals surface area (Å²) in [6, 6.07) is 12.8. The predicted molar refractivity (Wildman–Crippen MR) is 168 cm³/mol. The van der Waals surface area contributed by atoms with Crippen LogP contribution in [0.1, 0.15) is 43.4 Å². The van der Waals surface area contributed by atoms with E-state index in [4.69, 9.17) is 30.8 Å². The summed E-state index contributed by atoms with van der Waals surface area (Å²) in [6.07, 6.45) is 1.48. The molecular weight excluding hydrogens is 626 g/mol. The van der Waals surface area contributed by atoms with Crippen LogP contribution >= 0.6 is 27.5 Å². The summed E-state index contributed by atoms with van der Waals surface area (Å²) in [7, 11) is 2.71. The highest BCUT2D eigenvalue weighted by Gasteiger charge is 2.21. The quantitative estimate of drug-likeness (QED) is 0.137. The van der Waals surface area contributed by atoms with Gasteiger partial charge in [-0.25, -0.2) is 9.78 Å². The van der Waals surface area contributed by atoms with Crippen molar-refractivity contribution in [2.45, 2.75) is 33.6 Å². The first-order valence-corrected chi connectivity index (χ1v) is 14.4. The van der Waals surface area contributed by atoms with Crippen LogP contribution in [0.25, 0.3) is 22.3 Å². The number of benzene rings is 3. The molecule has 42 heavy (non-hydrogen) atoms. The van der Waals surface area contributed by atoms with Crippen LogP contribution in [0, 0.1) is 6.92 Å². The van der Waals surface area contributed by atoms with Gasteiger partial charge in [0.05, 0.1) is 37.9 Å². The molecule has 0 aliphatic heterocycles. The van der Waals surface area contributed by atoms with Gasteiger partial charge in [-0.2, -0.15) is 9.78 Å². The molecule has 11 heteroatoms. The molecule has 4 rings (SSSR count). The van der Waals surface area contributed by atoms with E-state index in [1.165, 1.54) is 25.1 Å². The summed E-state index contributed by atoms with van der Waals surface area (Å²) in [5.41, 5.74) is 3.35. The van der Waals surface area contributed by atoms with Crippen molar-refractivity contribution in [3.8, 4) is 28.6 Å². The molecule has 0 bridgehead atoms. The SMILES string of the molecule is CCOc1cc(C)c(-c2nc3ccccc3c(=O)n2N=Cc2cc(OC)c(OCC(=O)OC)c(Cl)c2Br)cc1C(C)C. The molecule has 1 heterocycles. The first-order valence-electron chi connectivity index (χ1n) is 13.2. The van der Waals surface area contributed by atoms with E-state index in [9.17, 15) is 9.59 Å². The molecule has 0 fully saturated rings. The second kappa shape index (κ2) is 13.4. The Bertz CT molecular complexity index is 1730. The molecule has 0 N–H and O–H groups in total. The van der Waals surface area contributed by atoms with Crippen LogP contribution in [0.2, 0.25) is 5.02 Å². The van der Waals surface area contributed by atoms with E-state index >= 15 is 0 Å². The average molecular weight is 657 g/mol. The number of ether oxygens (including phenoxy) is 4. The second-order valence-electron chi connectivity index (χ2n) is 9.60. The average Bonchev–Trinajstić information content (AvgIpc) is 2.97. The minimum absolute atomic E-state index is 0.157. The van der Waals surface area contributed by atoms with Crippen molar-refractivity contribution in [1.82, 2.24) is 9.66 Å². The third-order valence-corrected chi connectivity index (χ3v) is 7.97. The van der Waals surface area contributed by atoms with E-state index < -0.39 is 5.97 Å². The number of halogens is 2. The maximum atomic E-state index is 13.8. The predicted octanol–water partition coefficient (Wildman–Crippen LogP) is 6.75. The molecule has 1 aromatic heterocycles. The highest BCUT2D eigenvalue weighted by Crippen LogP contribution is 2.42. The minimum Gasteiger partial charge on any atom is -0.494 e. The monoisotopic (exact) mass is 655 g/mol.